The van der Waals surface area contributed by atoms with Crippen LogP contribution in [0.3, 0.4) is 0 Å². The van der Waals surface area contributed by atoms with E-state index in [0.717, 1.165) is 0 Å². The van der Waals surface area contributed by atoms with Crippen LogP contribution in [0.5, 0.6) is 17.2 Å². The van der Waals surface area contributed by atoms with E-state index in [2.05, 4.69) is 4.74 Å². The molecule has 4 nitrogen and oxygen atoms in total. The van der Waals surface area contributed by atoms with E-state index in [4.69, 9.17) is 21.1 Å². The molecule has 0 heterocycles. The fourth-order valence-corrected chi connectivity index (χ4v) is 2.21. The van der Waals surface area contributed by atoms with Crippen LogP contribution in [-0.2, 0) is 15.7 Å². The van der Waals surface area contributed by atoms with Crippen molar-refractivity contribution in [1.82, 2.24) is 0 Å². The van der Waals surface area contributed by atoms with Crippen molar-refractivity contribution in [3.63, 3.8) is 0 Å². The topological polar surface area (TPSA) is 44.8 Å². The van der Waals surface area contributed by atoms with Gasteiger partial charge in [-0.2, -0.15) is 13.2 Å². The van der Waals surface area contributed by atoms with Crippen molar-refractivity contribution in [2.75, 3.05) is 7.11 Å². The molecule has 0 aliphatic carbocycles. The lowest BCUT2D eigenvalue weighted by Gasteiger charge is -2.15. The smallest absolute Gasteiger partial charge is 0.416 e. The zero-order valence-electron chi connectivity index (χ0n) is 13.6. The monoisotopic (exact) mass is 392 g/mol. The van der Waals surface area contributed by atoms with Crippen LogP contribution >= 0.6 is 11.6 Å². The number of ether oxygens (including phenoxy) is 3. The lowest BCUT2D eigenvalue weighted by atomic mass is 10.2. The molecule has 0 aromatic heterocycles. The molecule has 26 heavy (non-hydrogen) atoms. The van der Waals surface area contributed by atoms with Gasteiger partial charge in [-0.1, -0.05) is 17.7 Å². The Labute approximate surface area is 151 Å². The number of alkyl halides is 3. The number of halogens is 5. The summed E-state index contributed by atoms with van der Waals surface area (Å²) in [5.41, 5.74) is -1.23. The quantitative estimate of drug-likeness (QED) is 0.516. The number of hydrogen-bond donors (Lipinski definition) is 0. The van der Waals surface area contributed by atoms with Gasteiger partial charge in [0.25, 0.3) is 0 Å². The number of carbonyl (C=O) groups is 1. The summed E-state index contributed by atoms with van der Waals surface area (Å²) in [6, 6.07) is 6.61. The van der Waals surface area contributed by atoms with Crippen LogP contribution in [0.4, 0.5) is 17.6 Å². The maximum Gasteiger partial charge on any atom is 0.416 e. The number of methoxy groups -OCH3 is 1. The molecule has 140 valence electrons. The minimum Gasteiger partial charge on any atom is -0.479 e. The molecule has 1 atom stereocenters. The first-order valence-corrected chi connectivity index (χ1v) is 7.58. The molecule has 0 radical (unpaired) electrons. The van der Waals surface area contributed by atoms with Crippen LogP contribution in [0.15, 0.2) is 36.4 Å². The molecule has 9 heteroatoms. The maximum atomic E-state index is 14.0. The van der Waals surface area contributed by atoms with E-state index in [9.17, 15) is 22.4 Å². The SMILES string of the molecule is COC(=O)C(C)Oc1cccc(Oc2c(F)cc(C(F)(F)F)cc2Cl)c1. The van der Waals surface area contributed by atoms with Gasteiger partial charge >= 0.3 is 12.1 Å². The van der Waals surface area contributed by atoms with Crippen LogP contribution in [0.1, 0.15) is 12.5 Å². The summed E-state index contributed by atoms with van der Waals surface area (Å²) < 4.78 is 67.1. The van der Waals surface area contributed by atoms with Crippen LogP contribution < -0.4 is 9.47 Å². The van der Waals surface area contributed by atoms with Crippen LogP contribution in [0, 0.1) is 5.82 Å². The van der Waals surface area contributed by atoms with Gasteiger partial charge in [0.05, 0.1) is 17.7 Å². The first-order valence-electron chi connectivity index (χ1n) is 7.20. The lowest BCUT2D eigenvalue weighted by molar-refractivity contribution is -0.148. The molecule has 0 aliphatic heterocycles. The van der Waals surface area contributed by atoms with Gasteiger partial charge in [0.2, 0.25) is 0 Å². The van der Waals surface area contributed by atoms with Crippen molar-refractivity contribution in [2.24, 2.45) is 0 Å². The van der Waals surface area contributed by atoms with Gasteiger partial charge in [-0.3, -0.25) is 0 Å². The molecule has 0 N–H and O–H groups in total. The third-order valence-electron chi connectivity index (χ3n) is 3.20. The van der Waals surface area contributed by atoms with Crippen LogP contribution in [-0.4, -0.2) is 19.2 Å². The van der Waals surface area contributed by atoms with E-state index in [1.54, 1.807) is 0 Å². The number of carbonyl (C=O) groups excluding carboxylic acids is 1. The molecule has 2 rings (SSSR count). The number of benzene rings is 2. The highest BCUT2D eigenvalue weighted by atomic mass is 35.5. The minimum atomic E-state index is -4.74. The van der Waals surface area contributed by atoms with E-state index >= 15 is 0 Å². The highest BCUT2D eigenvalue weighted by Gasteiger charge is 2.32. The second-order valence-electron chi connectivity index (χ2n) is 5.13. The Morgan fingerprint density at radius 3 is 2.38 bits per heavy atom. The summed E-state index contributed by atoms with van der Waals surface area (Å²) in [5.74, 6) is -2.16. The van der Waals surface area contributed by atoms with E-state index in [1.807, 2.05) is 0 Å². The number of rotatable bonds is 5. The van der Waals surface area contributed by atoms with Crippen molar-refractivity contribution in [1.29, 1.82) is 0 Å². The van der Waals surface area contributed by atoms with Crippen molar-refractivity contribution in [3.8, 4) is 17.2 Å². The van der Waals surface area contributed by atoms with Crippen molar-refractivity contribution >= 4 is 17.6 Å². The van der Waals surface area contributed by atoms with E-state index in [-0.39, 0.29) is 11.5 Å². The van der Waals surface area contributed by atoms with Crippen LogP contribution in [0.25, 0.3) is 0 Å². The number of hydrogen-bond acceptors (Lipinski definition) is 4. The Kier molecular flexibility index (Phi) is 5.97. The molecule has 1 unspecified atom stereocenters. The summed E-state index contributed by atoms with van der Waals surface area (Å²) in [5, 5.41) is -0.536. The largest absolute Gasteiger partial charge is 0.479 e. The molecule has 0 bridgehead atoms. The Bertz CT molecular complexity index is 785. The minimum absolute atomic E-state index is 0.0557. The summed E-state index contributed by atoms with van der Waals surface area (Å²) in [7, 11) is 1.21. The van der Waals surface area contributed by atoms with Gasteiger partial charge < -0.3 is 14.2 Å². The van der Waals surface area contributed by atoms with Gasteiger partial charge in [-0.15, -0.1) is 0 Å². The molecule has 0 spiro atoms. The fraction of sp³-hybridized carbons (Fsp3) is 0.235. The first kappa shape index (κ1) is 19.8. The highest BCUT2D eigenvalue weighted by Crippen LogP contribution is 2.39. The highest BCUT2D eigenvalue weighted by molar-refractivity contribution is 6.32. The summed E-state index contributed by atoms with van der Waals surface area (Å²) in [6.07, 6.45) is -5.64. The summed E-state index contributed by atoms with van der Waals surface area (Å²) in [4.78, 5) is 11.4. The average molecular weight is 393 g/mol. The number of esters is 1. The Morgan fingerprint density at radius 1 is 1.15 bits per heavy atom. The van der Waals surface area contributed by atoms with Gasteiger partial charge in [0.15, 0.2) is 17.7 Å². The first-order chi connectivity index (χ1) is 12.1. The third-order valence-corrected chi connectivity index (χ3v) is 3.48. The molecular formula is C17H13ClF4O4. The van der Waals surface area contributed by atoms with E-state index < -0.39 is 40.4 Å². The maximum absolute atomic E-state index is 14.0. The van der Waals surface area contributed by atoms with E-state index in [0.29, 0.717) is 12.1 Å². The predicted molar refractivity (Wildman–Crippen MR) is 85.0 cm³/mol. The molecule has 0 saturated carbocycles. The molecular weight excluding hydrogens is 380 g/mol. The van der Waals surface area contributed by atoms with Gasteiger partial charge in [-0.05, 0) is 31.2 Å². The molecule has 0 saturated heterocycles. The second kappa shape index (κ2) is 7.82. The van der Waals surface area contributed by atoms with E-state index in [1.165, 1.54) is 38.3 Å². The third kappa shape index (κ3) is 4.78. The Morgan fingerprint density at radius 2 is 1.81 bits per heavy atom. The van der Waals surface area contributed by atoms with Gasteiger partial charge in [0.1, 0.15) is 11.5 Å². The molecule has 0 fully saturated rings. The average Bonchev–Trinajstić information content (AvgIpc) is 2.56. The van der Waals surface area contributed by atoms with Crippen molar-refractivity contribution in [2.45, 2.75) is 19.2 Å². The normalized spacial score (nSPS) is 12.4. The summed E-state index contributed by atoms with van der Waals surface area (Å²) >= 11 is 5.72. The molecule has 0 amide bonds. The zero-order valence-corrected chi connectivity index (χ0v) is 14.3. The Hall–Kier alpha value is -2.48. The van der Waals surface area contributed by atoms with Gasteiger partial charge in [0, 0.05) is 6.07 Å². The lowest BCUT2D eigenvalue weighted by Crippen LogP contribution is -2.24. The van der Waals surface area contributed by atoms with Gasteiger partial charge in [-0.25, -0.2) is 9.18 Å². The molecule has 2 aromatic carbocycles. The Balaban J connectivity index is 2.24. The summed E-state index contributed by atoms with van der Waals surface area (Å²) in [6.45, 7) is 1.46. The predicted octanol–water partition coefficient (Wildman–Crippen LogP) is 5.23. The van der Waals surface area contributed by atoms with Crippen molar-refractivity contribution < 1.29 is 36.6 Å². The fourth-order valence-electron chi connectivity index (χ4n) is 1.97. The molecule has 0 aliphatic rings. The molecule has 2 aromatic rings. The standard InChI is InChI=1S/C17H13ClF4O4/c1-9(16(23)24-2)25-11-4-3-5-12(8-11)26-15-13(18)6-10(7-14(15)19)17(20,21)22/h3-9H,1-2H3. The van der Waals surface area contributed by atoms with Crippen LogP contribution in [0.2, 0.25) is 5.02 Å². The van der Waals surface area contributed by atoms with Crippen molar-refractivity contribution in [3.05, 3.63) is 52.8 Å². The zero-order chi connectivity index (χ0) is 19.5. The second-order valence-corrected chi connectivity index (χ2v) is 5.53.